The van der Waals surface area contributed by atoms with Gasteiger partial charge in [0.25, 0.3) is 0 Å². The molecule has 4 aliphatic carbocycles. The van der Waals surface area contributed by atoms with E-state index in [-0.39, 0.29) is 23.9 Å². The predicted octanol–water partition coefficient (Wildman–Crippen LogP) is 4.16. The van der Waals surface area contributed by atoms with Gasteiger partial charge in [-0.1, -0.05) is 24.6 Å². The Hall–Kier alpha value is -1.42. The smallest absolute Gasteiger partial charge is 0.223 e. The Balaban J connectivity index is 1.30. The number of hydrogen-bond donors (Lipinski definition) is 5. The Kier molecular flexibility index (Phi) is 11.4. The molecule has 4 bridgehead atoms. The van der Waals surface area contributed by atoms with Crippen molar-refractivity contribution in [3.63, 3.8) is 0 Å². The van der Waals surface area contributed by atoms with Crippen molar-refractivity contribution in [3.8, 4) is 0 Å². The summed E-state index contributed by atoms with van der Waals surface area (Å²) >= 11 is 6.42. The highest BCUT2D eigenvalue weighted by Crippen LogP contribution is 2.55. The largest absolute Gasteiger partial charge is 0.391 e. The number of benzene rings is 1. The maximum atomic E-state index is 13.4. The van der Waals surface area contributed by atoms with Gasteiger partial charge in [0.1, 0.15) is 0 Å². The van der Waals surface area contributed by atoms with Crippen LogP contribution >= 0.6 is 11.6 Å². The van der Waals surface area contributed by atoms with Crippen LogP contribution in [0.5, 0.6) is 0 Å². The van der Waals surface area contributed by atoms with Crippen LogP contribution in [0.1, 0.15) is 77.7 Å². The number of nitrogens with two attached hydrogens (primary N) is 1. The third-order valence-electron chi connectivity index (χ3n) is 9.87. The first-order valence-electron chi connectivity index (χ1n) is 15.7. The average molecular weight is 593 g/mol. The molecule has 0 saturated heterocycles. The van der Waals surface area contributed by atoms with Crippen LogP contribution in [0.2, 0.25) is 5.02 Å². The minimum atomic E-state index is -0.783. The Morgan fingerprint density at radius 3 is 2.56 bits per heavy atom. The summed E-state index contributed by atoms with van der Waals surface area (Å²) in [5.41, 5.74) is 8.06. The topological polar surface area (TPSA) is 120 Å². The molecule has 0 aromatic heterocycles. The summed E-state index contributed by atoms with van der Waals surface area (Å²) in [7, 11) is 1.70. The van der Waals surface area contributed by atoms with Crippen LogP contribution < -0.4 is 16.4 Å². The van der Waals surface area contributed by atoms with Crippen molar-refractivity contribution in [1.29, 1.82) is 0 Å². The number of hydrogen-bond acceptors (Lipinski definition) is 7. The molecule has 9 heteroatoms. The molecule has 5 rings (SSSR count). The van der Waals surface area contributed by atoms with Gasteiger partial charge in [0.2, 0.25) is 5.91 Å². The van der Waals surface area contributed by atoms with Gasteiger partial charge < -0.3 is 31.3 Å². The second kappa shape index (κ2) is 14.4. The Bertz CT molecular complexity index is 994. The molecule has 4 saturated carbocycles. The normalized spacial score (nSPS) is 29.1. The van der Waals surface area contributed by atoms with E-state index in [4.69, 9.17) is 22.1 Å². The van der Waals surface area contributed by atoms with E-state index in [1.807, 2.05) is 19.1 Å². The van der Waals surface area contributed by atoms with Crippen LogP contribution in [0, 0.1) is 23.7 Å². The molecule has 1 amide bonds. The van der Waals surface area contributed by atoms with E-state index in [1.54, 1.807) is 7.11 Å². The third-order valence-corrected chi connectivity index (χ3v) is 10.2. The molecule has 1 aromatic rings. The highest BCUT2D eigenvalue weighted by Gasteiger charge is 2.55. The van der Waals surface area contributed by atoms with Gasteiger partial charge in [-0.2, -0.15) is 0 Å². The van der Waals surface area contributed by atoms with E-state index in [1.165, 1.54) is 0 Å². The summed E-state index contributed by atoms with van der Waals surface area (Å²) in [6.07, 6.45) is 5.87. The maximum Gasteiger partial charge on any atom is 0.223 e. The SMILES string of the molecule is CC[C@H](C[C@H](O)[C@@H](N)CN(Cc1ccc(Cl)c(NCCCOC)c1)C(C)C)C(=O)NC1C2CC3CC1CC(O)(C3)C2. The van der Waals surface area contributed by atoms with Gasteiger partial charge in [-0.15, -0.1) is 0 Å². The van der Waals surface area contributed by atoms with Gasteiger partial charge in [0.15, 0.2) is 0 Å². The van der Waals surface area contributed by atoms with Crippen molar-refractivity contribution in [3.05, 3.63) is 28.8 Å². The van der Waals surface area contributed by atoms with Gasteiger partial charge in [0, 0.05) is 57.4 Å². The van der Waals surface area contributed by atoms with E-state index < -0.39 is 17.7 Å². The molecule has 6 N–H and O–H groups in total. The lowest BCUT2D eigenvalue weighted by Crippen LogP contribution is -2.62. The lowest BCUT2D eigenvalue weighted by molar-refractivity contribution is -0.148. The molecule has 0 aliphatic heterocycles. The van der Waals surface area contributed by atoms with Crippen LogP contribution in [0.25, 0.3) is 0 Å². The summed E-state index contributed by atoms with van der Waals surface area (Å²) in [6, 6.07) is 5.91. The molecule has 0 radical (unpaired) electrons. The number of amides is 1. The minimum Gasteiger partial charge on any atom is -0.391 e. The zero-order valence-corrected chi connectivity index (χ0v) is 26.2. The lowest BCUT2D eigenvalue weighted by Gasteiger charge is -2.58. The summed E-state index contributed by atoms with van der Waals surface area (Å²) in [5, 5.41) is 29.5. The molecule has 4 fully saturated rings. The van der Waals surface area contributed by atoms with Gasteiger partial charge in [0.05, 0.1) is 22.4 Å². The molecular formula is C32H53ClN4O4. The molecular weight excluding hydrogens is 540 g/mol. The number of ether oxygens (including phenoxy) is 1. The van der Waals surface area contributed by atoms with E-state index in [0.29, 0.717) is 55.3 Å². The van der Waals surface area contributed by atoms with Crippen molar-refractivity contribution in [1.82, 2.24) is 10.2 Å². The number of carbonyl (C=O) groups excluding carboxylic acids is 1. The van der Waals surface area contributed by atoms with Crippen molar-refractivity contribution in [2.24, 2.45) is 29.4 Å². The minimum absolute atomic E-state index is 0.0237. The third kappa shape index (κ3) is 8.36. The number of anilines is 1. The number of nitrogens with zero attached hydrogens (tertiary/aromatic N) is 1. The quantitative estimate of drug-likeness (QED) is 0.183. The molecule has 1 aromatic carbocycles. The van der Waals surface area contributed by atoms with Crippen molar-refractivity contribution in [2.75, 3.05) is 32.1 Å². The van der Waals surface area contributed by atoms with Crippen LogP contribution in [0.15, 0.2) is 18.2 Å². The molecule has 5 atom stereocenters. The summed E-state index contributed by atoms with van der Waals surface area (Å²) in [4.78, 5) is 15.6. The van der Waals surface area contributed by atoms with E-state index >= 15 is 0 Å². The first-order chi connectivity index (χ1) is 19.5. The zero-order chi connectivity index (χ0) is 29.7. The molecule has 0 heterocycles. The van der Waals surface area contributed by atoms with Gasteiger partial charge in [-0.3, -0.25) is 9.69 Å². The standard InChI is InChI=1S/C32H53ClN4O4/c1-5-23(31(39)36-30-24-11-22-12-25(30)17-32(40,15-22)16-24)14-29(38)27(34)19-37(20(2)3)18-21-7-8-26(33)28(13-21)35-9-6-10-41-4/h7-8,13,20,22-25,27,29-30,35,38,40H,5-6,9-12,14-19,34H2,1-4H3,(H,36,39)/t22?,23-,24?,25?,27+,29+,30?,32?/m1/s1. The monoisotopic (exact) mass is 592 g/mol. The fourth-order valence-electron chi connectivity index (χ4n) is 7.76. The number of nitrogens with one attached hydrogen (secondary N) is 2. The fourth-order valence-corrected chi connectivity index (χ4v) is 7.94. The van der Waals surface area contributed by atoms with Crippen molar-refractivity contribution < 1.29 is 19.7 Å². The average Bonchev–Trinajstić information content (AvgIpc) is 2.91. The van der Waals surface area contributed by atoms with Gasteiger partial charge in [-0.25, -0.2) is 0 Å². The fraction of sp³-hybridized carbons (Fsp3) is 0.781. The summed E-state index contributed by atoms with van der Waals surface area (Å²) < 4.78 is 5.13. The molecule has 232 valence electrons. The lowest BCUT2D eigenvalue weighted by atomic mass is 9.52. The number of aliphatic hydroxyl groups is 2. The molecule has 41 heavy (non-hydrogen) atoms. The molecule has 0 spiro atoms. The molecule has 8 nitrogen and oxygen atoms in total. The molecule has 2 unspecified atom stereocenters. The highest BCUT2D eigenvalue weighted by atomic mass is 35.5. The van der Waals surface area contributed by atoms with Gasteiger partial charge in [-0.05, 0) is 101 Å². The highest BCUT2D eigenvalue weighted by molar-refractivity contribution is 6.33. The van der Waals surface area contributed by atoms with Crippen molar-refractivity contribution >= 4 is 23.2 Å². The number of methoxy groups -OCH3 is 1. The zero-order valence-electron chi connectivity index (χ0n) is 25.4. The number of rotatable bonds is 16. The van der Waals surface area contributed by atoms with E-state index in [2.05, 4.69) is 35.4 Å². The predicted molar refractivity (Wildman–Crippen MR) is 165 cm³/mol. The first-order valence-corrected chi connectivity index (χ1v) is 16.1. The molecule has 4 aliphatic rings. The summed E-state index contributed by atoms with van der Waals surface area (Å²) in [5.74, 6) is 1.08. The second-order valence-electron chi connectivity index (χ2n) is 13.4. The summed E-state index contributed by atoms with van der Waals surface area (Å²) in [6.45, 7) is 8.92. The van der Waals surface area contributed by atoms with Gasteiger partial charge >= 0.3 is 0 Å². The van der Waals surface area contributed by atoms with Crippen molar-refractivity contribution in [2.45, 2.75) is 109 Å². The van der Waals surface area contributed by atoms with Crippen LogP contribution in [-0.2, 0) is 16.1 Å². The number of halogens is 1. The van der Waals surface area contributed by atoms with E-state index in [0.717, 1.165) is 56.3 Å². The van der Waals surface area contributed by atoms with E-state index in [9.17, 15) is 15.0 Å². The number of aliphatic hydroxyl groups excluding tert-OH is 1. The Labute approximate surface area is 251 Å². The Morgan fingerprint density at radius 2 is 1.95 bits per heavy atom. The Morgan fingerprint density at radius 1 is 1.24 bits per heavy atom. The van der Waals surface area contributed by atoms with Crippen LogP contribution in [-0.4, -0.2) is 77.7 Å². The van der Waals surface area contributed by atoms with Crippen LogP contribution in [0.3, 0.4) is 0 Å². The maximum absolute atomic E-state index is 13.4. The van der Waals surface area contributed by atoms with Crippen LogP contribution in [0.4, 0.5) is 5.69 Å². The number of carbonyl (C=O) groups is 1. The first kappa shape index (κ1) is 32.5. The second-order valence-corrected chi connectivity index (χ2v) is 13.8.